The number of thiol groups is 1. The molecule has 0 nitrogen and oxygen atoms in total. The third kappa shape index (κ3) is 2.13. The van der Waals surface area contributed by atoms with Crippen LogP contribution in [0.2, 0.25) is 0 Å². The van der Waals surface area contributed by atoms with Gasteiger partial charge in [0.05, 0.1) is 0 Å². The van der Waals surface area contributed by atoms with Crippen LogP contribution in [0.4, 0.5) is 0 Å². The Hall–Kier alpha value is 0.350. The molecule has 0 radical (unpaired) electrons. The second-order valence-corrected chi connectivity index (χ2v) is 7.17. The zero-order valence-electron chi connectivity index (χ0n) is 9.68. The smallest absolute Gasteiger partial charge is 0.0163 e. The molecule has 0 N–H and O–H groups in total. The minimum Gasteiger partial charge on any atom is -0.172 e. The van der Waals surface area contributed by atoms with Crippen LogP contribution in [-0.4, -0.2) is 4.75 Å². The minimum absolute atomic E-state index is 0.387. The molecule has 2 saturated carbocycles. The van der Waals surface area contributed by atoms with Gasteiger partial charge in [0.15, 0.2) is 0 Å². The first kappa shape index (κ1) is 10.9. The Morgan fingerprint density at radius 3 is 2.21 bits per heavy atom. The van der Waals surface area contributed by atoms with E-state index in [1.807, 2.05) is 0 Å². The predicted octanol–water partition coefficient (Wildman–Crippen LogP) is 4.45. The van der Waals surface area contributed by atoms with Crippen LogP contribution in [0.1, 0.15) is 65.2 Å². The quantitative estimate of drug-likeness (QED) is 0.610. The highest BCUT2D eigenvalue weighted by Gasteiger charge is 2.43. The molecule has 82 valence electrons. The molecule has 0 bridgehead atoms. The largest absolute Gasteiger partial charge is 0.172 e. The van der Waals surface area contributed by atoms with E-state index in [9.17, 15) is 0 Å². The van der Waals surface area contributed by atoms with E-state index in [2.05, 4.69) is 13.8 Å². The van der Waals surface area contributed by atoms with E-state index in [0.29, 0.717) is 10.2 Å². The molecule has 0 amide bonds. The average Bonchev–Trinajstić information content (AvgIpc) is 2.52. The Morgan fingerprint density at radius 2 is 1.64 bits per heavy atom. The maximum Gasteiger partial charge on any atom is 0.0163 e. The van der Waals surface area contributed by atoms with Crippen LogP contribution in [0.3, 0.4) is 0 Å². The van der Waals surface area contributed by atoms with Crippen molar-refractivity contribution in [3.05, 3.63) is 0 Å². The molecule has 2 aliphatic rings. The second kappa shape index (κ2) is 3.73. The van der Waals surface area contributed by atoms with E-state index in [1.54, 1.807) is 0 Å². The van der Waals surface area contributed by atoms with Gasteiger partial charge >= 0.3 is 0 Å². The zero-order chi connectivity index (χ0) is 10.2. The van der Waals surface area contributed by atoms with E-state index >= 15 is 0 Å². The Labute approximate surface area is 94.3 Å². The topological polar surface area (TPSA) is 0 Å². The zero-order valence-corrected chi connectivity index (χ0v) is 10.6. The van der Waals surface area contributed by atoms with Gasteiger partial charge in [-0.25, -0.2) is 0 Å². The van der Waals surface area contributed by atoms with Crippen molar-refractivity contribution >= 4 is 12.6 Å². The third-order valence-corrected chi connectivity index (χ3v) is 5.11. The van der Waals surface area contributed by atoms with Gasteiger partial charge < -0.3 is 0 Å². The summed E-state index contributed by atoms with van der Waals surface area (Å²) in [6.45, 7) is 4.85. The highest BCUT2D eigenvalue weighted by Crippen LogP contribution is 2.51. The SMILES string of the molecule is CC1(C)CCCC(S)(C2CCCC2)C1. The van der Waals surface area contributed by atoms with Gasteiger partial charge in [-0.05, 0) is 43.4 Å². The van der Waals surface area contributed by atoms with Crippen LogP contribution in [0.5, 0.6) is 0 Å². The molecule has 0 heterocycles. The molecule has 1 unspecified atom stereocenters. The molecule has 2 aliphatic carbocycles. The monoisotopic (exact) mass is 212 g/mol. The lowest BCUT2D eigenvalue weighted by Crippen LogP contribution is -2.39. The maximum atomic E-state index is 5.06. The van der Waals surface area contributed by atoms with Crippen LogP contribution in [0.15, 0.2) is 0 Å². The van der Waals surface area contributed by atoms with Crippen molar-refractivity contribution in [2.24, 2.45) is 11.3 Å². The van der Waals surface area contributed by atoms with Crippen LogP contribution >= 0.6 is 12.6 Å². The van der Waals surface area contributed by atoms with E-state index in [0.717, 1.165) is 5.92 Å². The van der Waals surface area contributed by atoms with Gasteiger partial charge in [0.25, 0.3) is 0 Å². The first-order valence-corrected chi connectivity index (χ1v) is 6.69. The van der Waals surface area contributed by atoms with Crippen molar-refractivity contribution in [3.63, 3.8) is 0 Å². The summed E-state index contributed by atoms with van der Waals surface area (Å²) in [6, 6.07) is 0. The van der Waals surface area contributed by atoms with Crippen LogP contribution < -0.4 is 0 Å². The standard InChI is InChI=1S/C13H24S/c1-12(2)8-5-9-13(14,10-12)11-6-3-4-7-11/h11,14H,3-10H2,1-2H3. The maximum absolute atomic E-state index is 5.06. The van der Waals surface area contributed by atoms with Crippen molar-refractivity contribution in [3.8, 4) is 0 Å². The molecule has 0 aromatic heterocycles. The molecule has 0 aliphatic heterocycles. The summed E-state index contributed by atoms with van der Waals surface area (Å²) in [7, 11) is 0. The van der Waals surface area contributed by atoms with Gasteiger partial charge in [0.2, 0.25) is 0 Å². The minimum atomic E-state index is 0.387. The van der Waals surface area contributed by atoms with Gasteiger partial charge in [-0.3, -0.25) is 0 Å². The number of rotatable bonds is 1. The first-order chi connectivity index (χ1) is 6.52. The fourth-order valence-corrected chi connectivity index (χ4v) is 4.53. The lowest BCUT2D eigenvalue weighted by Gasteiger charge is -2.45. The molecule has 1 atom stereocenters. The summed E-state index contributed by atoms with van der Waals surface area (Å²) in [5.74, 6) is 0.922. The molecular formula is C13H24S. The lowest BCUT2D eigenvalue weighted by atomic mass is 9.67. The van der Waals surface area contributed by atoms with Crippen LogP contribution in [-0.2, 0) is 0 Å². The van der Waals surface area contributed by atoms with Gasteiger partial charge in [-0.1, -0.05) is 33.1 Å². The molecule has 2 rings (SSSR count). The molecule has 1 heteroatoms. The molecule has 14 heavy (non-hydrogen) atoms. The van der Waals surface area contributed by atoms with Crippen molar-refractivity contribution in [1.29, 1.82) is 0 Å². The summed E-state index contributed by atoms with van der Waals surface area (Å²) >= 11 is 5.06. The van der Waals surface area contributed by atoms with Crippen molar-refractivity contribution < 1.29 is 0 Å². The molecule has 0 spiro atoms. The van der Waals surface area contributed by atoms with Gasteiger partial charge in [0.1, 0.15) is 0 Å². The van der Waals surface area contributed by atoms with Crippen molar-refractivity contribution in [1.82, 2.24) is 0 Å². The fraction of sp³-hybridized carbons (Fsp3) is 1.00. The Bertz CT molecular complexity index is 203. The van der Waals surface area contributed by atoms with Crippen molar-refractivity contribution in [2.75, 3.05) is 0 Å². The first-order valence-electron chi connectivity index (χ1n) is 6.24. The van der Waals surface area contributed by atoms with Gasteiger partial charge in [-0.15, -0.1) is 0 Å². The van der Waals surface area contributed by atoms with Gasteiger partial charge in [0, 0.05) is 4.75 Å². The number of hydrogen-bond donors (Lipinski definition) is 1. The summed E-state index contributed by atoms with van der Waals surface area (Å²) in [5.41, 5.74) is 0.544. The van der Waals surface area contributed by atoms with Crippen molar-refractivity contribution in [2.45, 2.75) is 70.0 Å². The number of hydrogen-bond acceptors (Lipinski definition) is 1. The van der Waals surface area contributed by atoms with E-state index in [1.165, 1.54) is 51.4 Å². The van der Waals surface area contributed by atoms with E-state index in [-0.39, 0.29) is 0 Å². The van der Waals surface area contributed by atoms with E-state index < -0.39 is 0 Å². The average molecular weight is 212 g/mol. The molecule has 0 aromatic carbocycles. The summed E-state index contributed by atoms with van der Waals surface area (Å²) in [6.07, 6.45) is 11.3. The fourth-order valence-electron chi connectivity index (χ4n) is 3.69. The Balaban J connectivity index is 2.06. The summed E-state index contributed by atoms with van der Waals surface area (Å²) in [5, 5.41) is 0. The predicted molar refractivity (Wildman–Crippen MR) is 65.9 cm³/mol. The van der Waals surface area contributed by atoms with Crippen LogP contribution in [0.25, 0.3) is 0 Å². The Morgan fingerprint density at radius 1 is 1.00 bits per heavy atom. The Kier molecular flexibility index (Phi) is 2.90. The molecular weight excluding hydrogens is 188 g/mol. The molecule has 0 aromatic rings. The lowest BCUT2D eigenvalue weighted by molar-refractivity contribution is 0.163. The van der Waals surface area contributed by atoms with Gasteiger partial charge in [-0.2, -0.15) is 12.6 Å². The van der Waals surface area contributed by atoms with Crippen LogP contribution in [0, 0.1) is 11.3 Å². The van der Waals surface area contributed by atoms with E-state index in [4.69, 9.17) is 12.6 Å². The summed E-state index contributed by atoms with van der Waals surface area (Å²) < 4.78 is 0.387. The second-order valence-electron chi connectivity index (χ2n) is 6.28. The normalized spacial score (nSPS) is 38.8. The summed E-state index contributed by atoms with van der Waals surface area (Å²) in [4.78, 5) is 0. The highest BCUT2D eigenvalue weighted by atomic mass is 32.1. The highest BCUT2D eigenvalue weighted by molar-refractivity contribution is 7.81. The molecule has 2 fully saturated rings. The molecule has 0 saturated heterocycles. The third-order valence-electron chi connectivity index (χ3n) is 4.36.